The number of imidazole rings is 1. The van der Waals surface area contributed by atoms with Gasteiger partial charge in [-0.25, -0.2) is 4.98 Å². The van der Waals surface area contributed by atoms with Crippen LogP contribution in [0.3, 0.4) is 0 Å². The molecule has 0 aromatic carbocycles. The van der Waals surface area contributed by atoms with Gasteiger partial charge in [0, 0.05) is 47.7 Å². The average Bonchev–Trinajstić information content (AvgIpc) is 3.53. The summed E-state index contributed by atoms with van der Waals surface area (Å²) in [5.74, 6) is 0.576. The van der Waals surface area contributed by atoms with Crippen molar-refractivity contribution >= 4 is 33.5 Å². The monoisotopic (exact) mass is 475 g/mol. The molecule has 176 valence electrons. The minimum Gasteiger partial charge on any atom is -0.336 e. The largest absolute Gasteiger partial charge is 0.336 e. The SMILES string of the molecule is CCCC(=O)Nc1cncc(-c2cc3c(-c4nc5c(-c6cccnc6)nccc5[nH]4)n[nH]c3cn2)c1. The Morgan fingerprint density at radius 3 is 2.72 bits per heavy atom. The van der Waals surface area contributed by atoms with Crippen molar-refractivity contribution in [2.45, 2.75) is 19.8 Å². The van der Waals surface area contributed by atoms with Crippen LogP contribution in [0.1, 0.15) is 19.8 Å². The third kappa shape index (κ3) is 3.94. The summed E-state index contributed by atoms with van der Waals surface area (Å²) in [5.41, 5.74) is 6.80. The Morgan fingerprint density at radius 1 is 0.944 bits per heavy atom. The van der Waals surface area contributed by atoms with Crippen molar-refractivity contribution in [1.82, 2.24) is 40.1 Å². The molecule has 0 spiro atoms. The summed E-state index contributed by atoms with van der Waals surface area (Å²) in [5, 5.41) is 11.3. The van der Waals surface area contributed by atoms with Crippen LogP contribution in [0.15, 0.2) is 67.5 Å². The molecule has 1 amide bonds. The first-order valence-electron chi connectivity index (χ1n) is 11.5. The van der Waals surface area contributed by atoms with E-state index in [4.69, 9.17) is 4.98 Å². The van der Waals surface area contributed by atoms with Crippen molar-refractivity contribution in [3.8, 4) is 34.0 Å². The zero-order valence-corrected chi connectivity index (χ0v) is 19.4. The Hall–Kier alpha value is -4.99. The highest BCUT2D eigenvalue weighted by Gasteiger charge is 2.17. The van der Waals surface area contributed by atoms with Crippen molar-refractivity contribution in [2.24, 2.45) is 0 Å². The number of H-pyrrole nitrogens is 2. The zero-order valence-electron chi connectivity index (χ0n) is 19.4. The highest BCUT2D eigenvalue weighted by molar-refractivity contribution is 5.97. The van der Waals surface area contributed by atoms with Crippen LogP contribution in [-0.2, 0) is 4.79 Å². The topological polar surface area (TPSA) is 138 Å². The maximum absolute atomic E-state index is 12.0. The first-order chi connectivity index (χ1) is 17.7. The molecule has 0 fully saturated rings. The van der Waals surface area contributed by atoms with Gasteiger partial charge in [0.1, 0.15) is 11.2 Å². The van der Waals surface area contributed by atoms with Gasteiger partial charge in [-0.1, -0.05) is 6.92 Å². The number of hydrogen-bond acceptors (Lipinski definition) is 7. The van der Waals surface area contributed by atoms with Crippen LogP contribution in [0.5, 0.6) is 0 Å². The molecule has 0 aliphatic carbocycles. The summed E-state index contributed by atoms with van der Waals surface area (Å²) >= 11 is 0. The van der Waals surface area contributed by atoms with E-state index in [9.17, 15) is 4.79 Å². The molecule has 6 aromatic heterocycles. The van der Waals surface area contributed by atoms with Crippen LogP contribution in [-0.4, -0.2) is 46.0 Å². The molecule has 0 saturated heterocycles. The van der Waals surface area contributed by atoms with Crippen LogP contribution in [0.4, 0.5) is 5.69 Å². The van der Waals surface area contributed by atoms with E-state index in [1.807, 2.05) is 37.3 Å². The number of nitrogens with one attached hydrogen (secondary N) is 3. The van der Waals surface area contributed by atoms with Crippen LogP contribution >= 0.6 is 0 Å². The van der Waals surface area contributed by atoms with Crippen molar-refractivity contribution < 1.29 is 4.79 Å². The molecule has 6 aromatic rings. The van der Waals surface area contributed by atoms with Gasteiger partial charge >= 0.3 is 0 Å². The summed E-state index contributed by atoms with van der Waals surface area (Å²) < 4.78 is 0. The zero-order chi connectivity index (χ0) is 24.5. The van der Waals surface area contributed by atoms with Crippen molar-refractivity contribution in [3.63, 3.8) is 0 Å². The first-order valence-corrected chi connectivity index (χ1v) is 11.5. The summed E-state index contributed by atoms with van der Waals surface area (Å²) in [6.45, 7) is 1.97. The first kappa shape index (κ1) is 21.5. The van der Waals surface area contributed by atoms with E-state index >= 15 is 0 Å². The molecular weight excluding hydrogens is 454 g/mol. The van der Waals surface area contributed by atoms with Gasteiger partial charge in [-0.3, -0.25) is 29.8 Å². The molecule has 6 rings (SSSR count). The maximum Gasteiger partial charge on any atom is 0.224 e. The number of aromatic amines is 2. The van der Waals surface area contributed by atoms with Gasteiger partial charge in [-0.15, -0.1) is 0 Å². The molecule has 6 heterocycles. The molecule has 10 heteroatoms. The van der Waals surface area contributed by atoms with E-state index in [-0.39, 0.29) is 5.91 Å². The summed E-state index contributed by atoms with van der Waals surface area (Å²) in [6, 6.07) is 9.52. The summed E-state index contributed by atoms with van der Waals surface area (Å²) in [6.07, 6.45) is 11.6. The lowest BCUT2D eigenvalue weighted by atomic mass is 10.1. The molecule has 0 radical (unpaired) electrons. The van der Waals surface area contributed by atoms with E-state index in [0.717, 1.165) is 45.2 Å². The van der Waals surface area contributed by atoms with E-state index in [1.165, 1.54) is 0 Å². The number of hydrogen-bond donors (Lipinski definition) is 3. The molecule has 0 atom stereocenters. The van der Waals surface area contributed by atoms with E-state index < -0.39 is 0 Å². The van der Waals surface area contributed by atoms with Gasteiger partial charge in [0.25, 0.3) is 0 Å². The Balaban J connectivity index is 1.40. The summed E-state index contributed by atoms with van der Waals surface area (Å²) in [7, 11) is 0. The lowest BCUT2D eigenvalue weighted by molar-refractivity contribution is -0.116. The fourth-order valence-corrected chi connectivity index (χ4v) is 4.12. The van der Waals surface area contributed by atoms with Gasteiger partial charge in [0.05, 0.1) is 40.5 Å². The van der Waals surface area contributed by atoms with E-state index in [1.54, 1.807) is 37.2 Å². The van der Waals surface area contributed by atoms with Gasteiger partial charge in [-0.2, -0.15) is 5.10 Å². The molecule has 0 unspecified atom stereocenters. The number of pyridine rings is 4. The molecule has 10 nitrogen and oxygen atoms in total. The van der Waals surface area contributed by atoms with Gasteiger partial charge in [0.15, 0.2) is 5.82 Å². The minimum atomic E-state index is -0.0398. The number of rotatable bonds is 6. The van der Waals surface area contributed by atoms with Crippen LogP contribution in [0, 0.1) is 0 Å². The van der Waals surface area contributed by atoms with Crippen molar-refractivity contribution in [1.29, 1.82) is 0 Å². The minimum absolute atomic E-state index is 0.0398. The number of nitrogens with zero attached hydrogens (tertiary/aromatic N) is 6. The highest BCUT2D eigenvalue weighted by atomic mass is 16.1. The Labute approximate surface area is 205 Å². The van der Waals surface area contributed by atoms with E-state index in [2.05, 4.69) is 40.4 Å². The smallest absolute Gasteiger partial charge is 0.224 e. The second-order valence-corrected chi connectivity index (χ2v) is 8.33. The van der Waals surface area contributed by atoms with Crippen LogP contribution in [0.25, 0.3) is 56.0 Å². The predicted molar refractivity (Wildman–Crippen MR) is 137 cm³/mol. The molecule has 0 aliphatic heterocycles. The van der Waals surface area contributed by atoms with Crippen molar-refractivity contribution in [3.05, 3.63) is 67.5 Å². The summed E-state index contributed by atoms with van der Waals surface area (Å²) in [4.78, 5) is 37.8. The second-order valence-electron chi connectivity index (χ2n) is 8.33. The van der Waals surface area contributed by atoms with Gasteiger partial charge in [-0.05, 0) is 36.8 Å². The van der Waals surface area contributed by atoms with Crippen LogP contribution in [0.2, 0.25) is 0 Å². The van der Waals surface area contributed by atoms with Gasteiger partial charge in [0.2, 0.25) is 5.91 Å². The third-order valence-corrected chi connectivity index (χ3v) is 5.80. The fraction of sp³-hybridized carbons (Fsp3) is 0.115. The molecule has 0 bridgehead atoms. The molecule has 36 heavy (non-hydrogen) atoms. The fourth-order valence-electron chi connectivity index (χ4n) is 4.12. The number of anilines is 1. The molecule has 0 saturated carbocycles. The quantitative estimate of drug-likeness (QED) is 0.316. The number of aromatic nitrogens is 8. The standard InChI is InChI=1S/C26H21N9O/c1-2-4-22(36)31-17-9-16(12-28-13-17)20-10-18-21(14-30-20)34-35-24(18)26-32-19-6-8-29-23(25(19)33-26)15-5-3-7-27-11-15/h3,5-14H,2,4H2,1H3,(H,31,36)(H,32,33)(H,34,35). The van der Waals surface area contributed by atoms with Crippen LogP contribution < -0.4 is 5.32 Å². The highest BCUT2D eigenvalue weighted by Crippen LogP contribution is 2.31. The molecule has 3 N–H and O–H groups in total. The molecule has 0 aliphatic rings. The third-order valence-electron chi connectivity index (χ3n) is 5.80. The number of fused-ring (bicyclic) bond motifs is 2. The number of carbonyl (C=O) groups is 1. The van der Waals surface area contributed by atoms with Gasteiger partial charge < -0.3 is 10.3 Å². The number of amides is 1. The maximum atomic E-state index is 12.0. The lowest BCUT2D eigenvalue weighted by Crippen LogP contribution is -2.10. The molecular formula is C26H21N9O. The lowest BCUT2D eigenvalue weighted by Gasteiger charge is -2.06. The normalized spacial score (nSPS) is 11.2. The second kappa shape index (κ2) is 8.99. The average molecular weight is 476 g/mol. The van der Waals surface area contributed by atoms with Crippen molar-refractivity contribution in [2.75, 3.05) is 5.32 Å². The Kier molecular flexibility index (Phi) is 5.38. The number of carbonyl (C=O) groups excluding carboxylic acids is 1. The van der Waals surface area contributed by atoms with E-state index in [0.29, 0.717) is 29.3 Å². The Morgan fingerprint density at radius 2 is 1.86 bits per heavy atom. The Bertz CT molecular complexity index is 1710. The predicted octanol–water partition coefficient (Wildman–Crippen LogP) is 4.76.